The van der Waals surface area contributed by atoms with Crippen LogP contribution in [0.15, 0.2) is 48.8 Å². The molecule has 8 heteroatoms. The van der Waals surface area contributed by atoms with Crippen molar-refractivity contribution in [1.82, 2.24) is 14.6 Å². The molecule has 2 rings (SSSR count). The van der Waals surface area contributed by atoms with Gasteiger partial charge in [-0.25, -0.2) is 8.42 Å². The Morgan fingerprint density at radius 1 is 1.21 bits per heavy atom. The molecular formula is C16H18ClN3O3S. The lowest BCUT2D eigenvalue weighted by atomic mass is 10.2. The van der Waals surface area contributed by atoms with Crippen molar-refractivity contribution in [3.05, 3.63) is 64.9 Å². The van der Waals surface area contributed by atoms with E-state index in [4.69, 9.17) is 11.6 Å². The molecule has 0 saturated heterocycles. The summed E-state index contributed by atoms with van der Waals surface area (Å²) < 4.78 is 24.9. The van der Waals surface area contributed by atoms with E-state index in [0.29, 0.717) is 17.1 Å². The molecule has 6 nitrogen and oxygen atoms in total. The van der Waals surface area contributed by atoms with E-state index in [9.17, 15) is 13.2 Å². The van der Waals surface area contributed by atoms with Gasteiger partial charge in [-0.1, -0.05) is 29.8 Å². The molecule has 128 valence electrons. The molecule has 0 fully saturated rings. The first-order chi connectivity index (χ1) is 11.3. The standard InChI is InChI=1S/C16H18ClN3O3S/c1-24(22,23)20(11-14-3-2-8-18-9-14)12-16(21)19-10-13-4-6-15(17)7-5-13/h2-9H,10-12H2,1H3,(H,19,21). The first-order valence-corrected chi connectivity index (χ1v) is 9.42. The maximum Gasteiger partial charge on any atom is 0.235 e. The van der Waals surface area contributed by atoms with E-state index in [1.54, 1.807) is 48.8 Å². The summed E-state index contributed by atoms with van der Waals surface area (Å²) >= 11 is 5.80. The van der Waals surface area contributed by atoms with Crippen molar-refractivity contribution in [2.24, 2.45) is 0 Å². The highest BCUT2D eigenvalue weighted by Crippen LogP contribution is 2.10. The molecule has 0 unspecified atom stereocenters. The predicted octanol–water partition coefficient (Wildman–Crippen LogP) is 1.81. The van der Waals surface area contributed by atoms with Crippen LogP contribution >= 0.6 is 11.6 Å². The van der Waals surface area contributed by atoms with Crippen LogP contribution in [-0.2, 0) is 27.9 Å². The van der Waals surface area contributed by atoms with Crippen molar-refractivity contribution in [2.45, 2.75) is 13.1 Å². The molecule has 24 heavy (non-hydrogen) atoms. The zero-order valence-corrected chi connectivity index (χ0v) is 14.7. The van der Waals surface area contributed by atoms with Gasteiger partial charge in [0.1, 0.15) is 0 Å². The Morgan fingerprint density at radius 3 is 2.50 bits per heavy atom. The van der Waals surface area contributed by atoms with Crippen molar-refractivity contribution in [2.75, 3.05) is 12.8 Å². The van der Waals surface area contributed by atoms with E-state index in [0.717, 1.165) is 16.1 Å². The Bertz CT molecular complexity index is 780. The van der Waals surface area contributed by atoms with Gasteiger partial charge in [0, 0.05) is 30.5 Å². The molecule has 0 atom stereocenters. The molecule has 0 aliphatic rings. The van der Waals surface area contributed by atoms with Crippen LogP contribution in [-0.4, -0.2) is 36.4 Å². The van der Waals surface area contributed by atoms with Gasteiger partial charge in [-0.3, -0.25) is 9.78 Å². The van der Waals surface area contributed by atoms with Gasteiger partial charge in [-0.15, -0.1) is 0 Å². The zero-order valence-electron chi connectivity index (χ0n) is 13.1. The SMILES string of the molecule is CS(=O)(=O)N(CC(=O)NCc1ccc(Cl)cc1)Cc1cccnc1. The molecule has 2 aromatic rings. The lowest BCUT2D eigenvalue weighted by Crippen LogP contribution is -2.39. The van der Waals surface area contributed by atoms with Crippen molar-refractivity contribution < 1.29 is 13.2 Å². The molecule has 0 bridgehead atoms. The summed E-state index contributed by atoms with van der Waals surface area (Å²) in [6.45, 7) is 0.156. The van der Waals surface area contributed by atoms with Gasteiger partial charge in [-0.05, 0) is 29.3 Å². The van der Waals surface area contributed by atoms with Crippen LogP contribution in [0.4, 0.5) is 0 Å². The molecule has 1 aromatic heterocycles. The van der Waals surface area contributed by atoms with Crippen LogP contribution in [0.1, 0.15) is 11.1 Å². The van der Waals surface area contributed by atoms with Crippen molar-refractivity contribution in [1.29, 1.82) is 0 Å². The van der Waals surface area contributed by atoms with E-state index < -0.39 is 10.0 Å². The Labute approximate surface area is 146 Å². The smallest absolute Gasteiger partial charge is 0.235 e. The number of benzene rings is 1. The fourth-order valence-corrected chi connectivity index (χ4v) is 2.87. The van der Waals surface area contributed by atoms with Gasteiger partial charge in [0.25, 0.3) is 0 Å². The largest absolute Gasteiger partial charge is 0.351 e. The highest BCUT2D eigenvalue weighted by Gasteiger charge is 2.20. The Morgan fingerprint density at radius 2 is 1.92 bits per heavy atom. The van der Waals surface area contributed by atoms with Crippen LogP contribution in [0.3, 0.4) is 0 Å². The Kier molecular flexibility index (Phi) is 6.30. The second-order valence-electron chi connectivity index (χ2n) is 5.30. The quantitative estimate of drug-likeness (QED) is 0.809. The number of carbonyl (C=O) groups is 1. The number of nitrogens with zero attached hydrogens (tertiary/aromatic N) is 2. The summed E-state index contributed by atoms with van der Waals surface area (Å²) in [5.41, 5.74) is 1.60. The third-order valence-corrected chi connectivity index (χ3v) is 4.72. The van der Waals surface area contributed by atoms with E-state index >= 15 is 0 Å². The van der Waals surface area contributed by atoms with Crippen LogP contribution < -0.4 is 5.32 Å². The molecule has 0 spiro atoms. The van der Waals surface area contributed by atoms with E-state index in [1.807, 2.05) is 0 Å². The number of aromatic nitrogens is 1. The number of halogens is 1. The number of pyridine rings is 1. The van der Waals surface area contributed by atoms with E-state index in [1.165, 1.54) is 0 Å². The highest BCUT2D eigenvalue weighted by molar-refractivity contribution is 7.88. The van der Waals surface area contributed by atoms with Crippen molar-refractivity contribution in [3.8, 4) is 0 Å². The first kappa shape index (κ1) is 18.4. The number of hydrogen-bond acceptors (Lipinski definition) is 4. The number of amides is 1. The molecule has 0 radical (unpaired) electrons. The summed E-state index contributed by atoms with van der Waals surface area (Å²) in [7, 11) is -3.52. The summed E-state index contributed by atoms with van der Waals surface area (Å²) in [5.74, 6) is -0.376. The average Bonchev–Trinajstić information content (AvgIpc) is 2.54. The monoisotopic (exact) mass is 367 g/mol. The molecule has 1 amide bonds. The summed E-state index contributed by atoms with van der Waals surface area (Å²) in [6, 6.07) is 10.5. The number of hydrogen-bond donors (Lipinski definition) is 1. The summed E-state index contributed by atoms with van der Waals surface area (Å²) in [5, 5.41) is 3.32. The third kappa shape index (κ3) is 5.92. The van der Waals surface area contributed by atoms with Gasteiger partial charge in [0.15, 0.2) is 0 Å². The minimum Gasteiger partial charge on any atom is -0.351 e. The number of sulfonamides is 1. The molecule has 1 N–H and O–H groups in total. The third-order valence-electron chi connectivity index (χ3n) is 3.27. The maximum absolute atomic E-state index is 12.1. The van der Waals surface area contributed by atoms with Gasteiger partial charge < -0.3 is 5.32 Å². The molecular weight excluding hydrogens is 350 g/mol. The van der Waals surface area contributed by atoms with Gasteiger partial charge in [0.05, 0.1) is 12.8 Å². The lowest BCUT2D eigenvalue weighted by molar-refractivity contribution is -0.121. The van der Waals surface area contributed by atoms with Crippen molar-refractivity contribution >= 4 is 27.5 Å². The van der Waals surface area contributed by atoms with Gasteiger partial charge in [-0.2, -0.15) is 4.31 Å². The maximum atomic E-state index is 12.1. The second-order valence-corrected chi connectivity index (χ2v) is 7.71. The zero-order chi connectivity index (χ0) is 17.6. The number of nitrogens with one attached hydrogen (secondary N) is 1. The number of carbonyl (C=O) groups excluding carboxylic acids is 1. The molecule has 0 saturated carbocycles. The van der Waals surface area contributed by atoms with Crippen LogP contribution in [0.5, 0.6) is 0 Å². The van der Waals surface area contributed by atoms with Crippen molar-refractivity contribution in [3.63, 3.8) is 0 Å². The van der Waals surface area contributed by atoms with E-state index in [-0.39, 0.29) is 19.0 Å². The topological polar surface area (TPSA) is 79.4 Å². The summed E-state index contributed by atoms with van der Waals surface area (Å²) in [4.78, 5) is 16.0. The Balaban J connectivity index is 1.96. The predicted molar refractivity (Wildman–Crippen MR) is 92.8 cm³/mol. The Hall–Kier alpha value is -1.96. The van der Waals surface area contributed by atoms with E-state index in [2.05, 4.69) is 10.3 Å². The molecule has 1 heterocycles. The first-order valence-electron chi connectivity index (χ1n) is 7.20. The minimum atomic E-state index is -3.52. The molecule has 1 aromatic carbocycles. The average molecular weight is 368 g/mol. The fourth-order valence-electron chi connectivity index (χ4n) is 2.00. The minimum absolute atomic E-state index is 0.0983. The van der Waals surface area contributed by atoms with Crippen LogP contribution in [0.25, 0.3) is 0 Å². The second kappa shape index (κ2) is 8.23. The van der Waals surface area contributed by atoms with Gasteiger partial charge in [0.2, 0.25) is 15.9 Å². The highest BCUT2D eigenvalue weighted by atomic mass is 35.5. The normalized spacial score (nSPS) is 11.5. The number of rotatable bonds is 7. The lowest BCUT2D eigenvalue weighted by Gasteiger charge is -2.19. The van der Waals surface area contributed by atoms with Crippen LogP contribution in [0, 0.1) is 0 Å². The fraction of sp³-hybridized carbons (Fsp3) is 0.250. The van der Waals surface area contributed by atoms with Gasteiger partial charge >= 0.3 is 0 Å². The molecule has 0 aliphatic carbocycles. The van der Waals surface area contributed by atoms with Crippen LogP contribution in [0.2, 0.25) is 5.02 Å². The summed E-state index contributed by atoms with van der Waals surface area (Å²) in [6.07, 6.45) is 4.26. The molecule has 0 aliphatic heterocycles.